The van der Waals surface area contributed by atoms with Crippen molar-refractivity contribution in [1.82, 2.24) is 4.98 Å². The Morgan fingerprint density at radius 2 is 2.00 bits per heavy atom. The van der Waals surface area contributed by atoms with Crippen LogP contribution in [0.2, 0.25) is 0 Å². The largest absolute Gasteiger partial charge is 0.478 e. The molecule has 0 aliphatic carbocycles. The number of nitrogens with zero attached hydrogens (tertiary/aromatic N) is 2. The maximum absolute atomic E-state index is 11.1. The highest BCUT2D eigenvalue weighted by atomic mass is 16.4. The van der Waals surface area contributed by atoms with Crippen molar-refractivity contribution in [2.24, 2.45) is 0 Å². The Morgan fingerprint density at radius 1 is 1.29 bits per heavy atom. The number of carbonyl (C=O) groups is 1. The van der Waals surface area contributed by atoms with Crippen molar-refractivity contribution in [2.45, 2.75) is 0 Å². The highest BCUT2D eigenvalue weighted by molar-refractivity contribution is 5.95. The second kappa shape index (κ2) is 4.45. The van der Waals surface area contributed by atoms with Gasteiger partial charge in [-0.2, -0.15) is 5.26 Å². The van der Waals surface area contributed by atoms with Crippen LogP contribution in [0.3, 0.4) is 0 Å². The number of carboxylic acids is 1. The molecular formula is C13H8N2O2. The summed E-state index contributed by atoms with van der Waals surface area (Å²) in [6.45, 7) is 0. The molecule has 1 heterocycles. The minimum atomic E-state index is -1.05. The Hall–Kier alpha value is -2.67. The molecule has 0 saturated heterocycles. The molecule has 0 fully saturated rings. The van der Waals surface area contributed by atoms with Gasteiger partial charge in [0.15, 0.2) is 0 Å². The van der Waals surface area contributed by atoms with Gasteiger partial charge in [-0.3, -0.25) is 0 Å². The first-order valence-corrected chi connectivity index (χ1v) is 4.91. The number of carboxylic acid groups (broad SMARTS) is 1. The summed E-state index contributed by atoms with van der Waals surface area (Å²) in [6, 6.07) is 12.4. The van der Waals surface area contributed by atoms with E-state index in [9.17, 15) is 4.79 Å². The second-order valence-corrected chi connectivity index (χ2v) is 3.40. The number of hydrogen-bond acceptors (Lipinski definition) is 3. The summed E-state index contributed by atoms with van der Waals surface area (Å²) in [5.74, 6) is -1.05. The van der Waals surface area contributed by atoms with Crippen molar-refractivity contribution in [3.05, 3.63) is 53.9 Å². The first kappa shape index (κ1) is 10.8. The fraction of sp³-hybridized carbons (Fsp3) is 0. The van der Waals surface area contributed by atoms with Crippen molar-refractivity contribution in [2.75, 3.05) is 0 Å². The summed E-state index contributed by atoms with van der Waals surface area (Å²) in [4.78, 5) is 14.8. The molecule has 1 aromatic heterocycles. The molecule has 0 saturated carbocycles. The van der Waals surface area contributed by atoms with E-state index in [1.807, 2.05) is 24.3 Å². The average molecular weight is 224 g/mol. The van der Waals surface area contributed by atoms with Gasteiger partial charge in [-0.25, -0.2) is 9.78 Å². The predicted octanol–water partition coefficient (Wildman–Crippen LogP) is 2.32. The van der Waals surface area contributed by atoms with Crippen LogP contribution in [0, 0.1) is 11.3 Å². The molecule has 17 heavy (non-hydrogen) atoms. The van der Waals surface area contributed by atoms with Crippen LogP contribution in [0.1, 0.15) is 16.1 Å². The van der Waals surface area contributed by atoms with Gasteiger partial charge in [-0.1, -0.05) is 30.3 Å². The number of benzene rings is 1. The Bertz CT molecular complexity index is 601. The molecular weight excluding hydrogens is 216 g/mol. The molecule has 0 radical (unpaired) electrons. The highest BCUT2D eigenvalue weighted by Gasteiger charge is 2.13. The van der Waals surface area contributed by atoms with E-state index in [2.05, 4.69) is 4.98 Å². The Balaban J connectivity index is 2.66. The molecule has 82 valence electrons. The lowest BCUT2D eigenvalue weighted by atomic mass is 10.0. The van der Waals surface area contributed by atoms with Crippen LogP contribution in [0.4, 0.5) is 0 Å². The van der Waals surface area contributed by atoms with E-state index >= 15 is 0 Å². The topological polar surface area (TPSA) is 74.0 Å². The van der Waals surface area contributed by atoms with Crippen LogP contribution in [0.5, 0.6) is 0 Å². The SMILES string of the molecule is N#Cc1cc(-c2ccccc2)c(C(=O)O)cn1. The quantitative estimate of drug-likeness (QED) is 0.849. The lowest BCUT2D eigenvalue weighted by Gasteiger charge is -2.05. The molecule has 0 amide bonds. The first-order valence-electron chi connectivity index (χ1n) is 4.91. The van der Waals surface area contributed by atoms with E-state index < -0.39 is 5.97 Å². The van der Waals surface area contributed by atoms with Crippen molar-refractivity contribution >= 4 is 5.97 Å². The van der Waals surface area contributed by atoms with E-state index in [0.717, 1.165) is 5.56 Å². The van der Waals surface area contributed by atoms with Gasteiger partial charge in [0.25, 0.3) is 0 Å². The van der Waals surface area contributed by atoms with Gasteiger partial charge >= 0.3 is 5.97 Å². The van der Waals surface area contributed by atoms with Crippen molar-refractivity contribution in [3.8, 4) is 17.2 Å². The van der Waals surface area contributed by atoms with E-state index in [1.54, 1.807) is 12.1 Å². The third-order valence-electron chi connectivity index (χ3n) is 2.33. The highest BCUT2D eigenvalue weighted by Crippen LogP contribution is 2.23. The molecule has 1 aromatic carbocycles. The van der Waals surface area contributed by atoms with Crippen LogP contribution < -0.4 is 0 Å². The minimum absolute atomic E-state index is 0.0928. The summed E-state index contributed by atoms with van der Waals surface area (Å²) < 4.78 is 0. The number of aromatic carboxylic acids is 1. The zero-order valence-electron chi connectivity index (χ0n) is 8.79. The van der Waals surface area contributed by atoms with E-state index in [4.69, 9.17) is 10.4 Å². The number of aromatic nitrogens is 1. The van der Waals surface area contributed by atoms with Crippen molar-refractivity contribution in [1.29, 1.82) is 5.26 Å². The molecule has 0 atom stereocenters. The van der Waals surface area contributed by atoms with Gasteiger partial charge < -0.3 is 5.11 Å². The fourth-order valence-corrected chi connectivity index (χ4v) is 1.54. The summed E-state index contributed by atoms with van der Waals surface area (Å²) >= 11 is 0. The second-order valence-electron chi connectivity index (χ2n) is 3.40. The molecule has 0 bridgehead atoms. The van der Waals surface area contributed by atoms with E-state index in [-0.39, 0.29) is 11.3 Å². The Morgan fingerprint density at radius 3 is 2.59 bits per heavy atom. The number of rotatable bonds is 2. The monoisotopic (exact) mass is 224 g/mol. The van der Waals surface area contributed by atoms with Gasteiger partial charge in [0.2, 0.25) is 0 Å². The first-order chi connectivity index (χ1) is 8.22. The van der Waals surface area contributed by atoms with Crippen LogP contribution in [0.25, 0.3) is 11.1 Å². The molecule has 4 nitrogen and oxygen atoms in total. The summed E-state index contributed by atoms with van der Waals surface area (Å²) in [5, 5.41) is 17.8. The summed E-state index contributed by atoms with van der Waals surface area (Å²) in [5.41, 5.74) is 1.55. The molecule has 0 aliphatic rings. The molecule has 1 N–H and O–H groups in total. The van der Waals surface area contributed by atoms with Crippen LogP contribution >= 0.6 is 0 Å². The van der Waals surface area contributed by atoms with Crippen LogP contribution in [0.15, 0.2) is 42.6 Å². The standard InChI is InChI=1S/C13H8N2O2/c14-7-10-6-11(9-4-2-1-3-5-9)12(8-15-10)13(16)17/h1-6,8H,(H,16,17). The van der Waals surface area contributed by atoms with Gasteiger partial charge in [0.1, 0.15) is 11.8 Å². The van der Waals surface area contributed by atoms with Gasteiger partial charge in [0.05, 0.1) is 5.56 Å². The summed E-state index contributed by atoms with van der Waals surface area (Å²) in [7, 11) is 0. The Kier molecular flexibility index (Phi) is 2.84. The third kappa shape index (κ3) is 2.13. The molecule has 2 aromatic rings. The molecule has 2 rings (SSSR count). The smallest absolute Gasteiger partial charge is 0.337 e. The van der Waals surface area contributed by atoms with Crippen LogP contribution in [-0.2, 0) is 0 Å². The van der Waals surface area contributed by atoms with Gasteiger partial charge in [0, 0.05) is 11.8 Å². The number of pyridine rings is 1. The predicted molar refractivity (Wildman–Crippen MR) is 61.3 cm³/mol. The molecule has 0 unspecified atom stereocenters. The van der Waals surface area contributed by atoms with E-state index in [1.165, 1.54) is 12.3 Å². The van der Waals surface area contributed by atoms with Crippen LogP contribution in [-0.4, -0.2) is 16.1 Å². The van der Waals surface area contributed by atoms with Crippen molar-refractivity contribution < 1.29 is 9.90 Å². The lowest BCUT2D eigenvalue weighted by molar-refractivity contribution is 0.0697. The lowest BCUT2D eigenvalue weighted by Crippen LogP contribution is -2.01. The Labute approximate surface area is 97.8 Å². The zero-order chi connectivity index (χ0) is 12.3. The average Bonchev–Trinajstić information content (AvgIpc) is 2.39. The maximum Gasteiger partial charge on any atom is 0.337 e. The molecule has 4 heteroatoms. The third-order valence-corrected chi connectivity index (χ3v) is 2.33. The molecule has 0 aliphatic heterocycles. The zero-order valence-corrected chi connectivity index (χ0v) is 8.79. The fourth-order valence-electron chi connectivity index (χ4n) is 1.54. The normalized spacial score (nSPS) is 9.59. The molecule has 0 spiro atoms. The van der Waals surface area contributed by atoms with Gasteiger partial charge in [-0.05, 0) is 11.6 Å². The van der Waals surface area contributed by atoms with E-state index in [0.29, 0.717) is 5.56 Å². The summed E-state index contributed by atoms with van der Waals surface area (Å²) in [6.07, 6.45) is 1.21. The minimum Gasteiger partial charge on any atom is -0.478 e. The van der Waals surface area contributed by atoms with Crippen molar-refractivity contribution in [3.63, 3.8) is 0 Å². The number of hydrogen-bond donors (Lipinski definition) is 1. The number of nitriles is 1. The van der Waals surface area contributed by atoms with Gasteiger partial charge in [-0.15, -0.1) is 0 Å². The maximum atomic E-state index is 11.1.